The van der Waals surface area contributed by atoms with Crippen LogP contribution in [-0.2, 0) is 11.2 Å². The molecule has 0 aromatic heterocycles. The van der Waals surface area contributed by atoms with E-state index in [4.69, 9.17) is 0 Å². The summed E-state index contributed by atoms with van der Waals surface area (Å²) in [5, 5.41) is 0. The van der Waals surface area contributed by atoms with Gasteiger partial charge in [0.2, 0.25) is 0 Å². The third-order valence-electron chi connectivity index (χ3n) is 6.43. The minimum atomic E-state index is -0.169. The Bertz CT molecular complexity index is 516. The van der Waals surface area contributed by atoms with Crippen LogP contribution in [0.3, 0.4) is 0 Å². The van der Waals surface area contributed by atoms with E-state index in [1.54, 1.807) is 0 Å². The van der Waals surface area contributed by atoms with Gasteiger partial charge in [0.05, 0.1) is 0 Å². The lowest BCUT2D eigenvalue weighted by Gasteiger charge is -2.35. The van der Waals surface area contributed by atoms with E-state index in [9.17, 15) is 4.79 Å². The summed E-state index contributed by atoms with van der Waals surface area (Å²) < 4.78 is 0. The van der Waals surface area contributed by atoms with E-state index in [2.05, 4.69) is 52.0 Å². The van der Waals surface area contributed by atoms with Crippen molar-refractivity contribution in [3.05, 3.63) is 35.9 Å². The van der Waals surface area contributed by atoms with Crippen molar-refractivity contribution in [3.63, 3.8) is 0 Å². The lowest BCUT2D eigenvalue weighted by Crippen LogP contribution is -2.39. The van der Waals surface area contributed by atoms with Crippen LogP contribution in [0.5, 0.6) is 0 Å². The average Bonchev–Trinajstić information content (AvgIpc) is 2.66. The molecule has 1 aromatic carbocycles. The summed E-state index contributed by atoms with van der Waals surface area (Å²) in [6.45, 7) is 9.02. The SMILES string of the molecule is CC1(Cc2ccccc2)C(=O)C2(C)CCC1C2(C)C. The quantitative estimate of drug-likeness (QED) is 0.772. The number of rotatable bonds is 2. The molecular weight excluding hydrogens is 232 g/mol. The first kappa shape index (κ1) is 12.9. The third kappa shape index (κ3) is 1.45. The van der Waals surface area contributed by atoms with Gasteiger partial charge in [-0.25, -0.2) is 0 Å². The molecule has 2 saturated carbocycles. The van der Waals surface area contributed by atoms with E-state index >= 15 is 0 Å². The maximum absolute atomic E-state index is 13.0. The minimum absolute atomic E-state index is 0.110. The lowest BCUT2D eigenvalue weighted by atomic mass is 9.67. The van der Waals surface area contributed by atoms with E-state index in [0.717, 1.165) is 12.8 Å². The summed E-state index contributed by atoms with van der Waals surface area (Å²) >= 11 is 0. The van der Waals surface area contributed by atoms with Crippen LogP contribution in [-0.4, -0.2) is 5.78 Å². The molecule has 102 valence electrons. The van der Waals surface area contributed by atoms with E-state index in [1.165, 1.54) is 12.0 Å². The third-order valence-corrected chi connectivity index (χ3v) is 6.43. The average molecular weight is 256 g/mol. The number of ketones is 1. The zero-order valence-corrected chi connectivity index (χ0v) is 12.5. The molecule has 0 amide bonds. The summed E-state index contributed by atoms with van der Waals surface area (Å²) in [4.78, 5) is 13.0. The first-order chi connectivity index (χ1) is 8.82. The van der Waals surface area contributed by atoms with Gasteiger partial charge >= 0.3 is 0 Å². The Morgan fingerprint density at radius 3 is 2.26 bits per heavy atom. The van der Waals surface area contributed by atoms with Crippen LogP contribution in [0.15, 0.2) is 30.3 Å². The molecule has 19 heavy (non-hydrogen) atoms. The predicted octanol–water partition coefficient (Wildman–Crippen LogP) is 4.26. The maximum atomic E-state index is 13.0. The molecule has 3 rings (SSSR count). The number of carbonyl (C=O) groups excluding carboxylic acids is 1. The van der Waals surface area contributed by atoms with Crippen molar-refractivity contribution in [2.24, 2.45) is 22.2 Å². The second kappa shape index (κ2) is 3.71. The Labute approximate surface area is 116 Å². The Balaban J connectivity index is 2.00. The Morgan fingerprint density at radius 1 is 1.11 bits per heavy atom. The Kier molecular flexibility index (Phi) is 2.52. The Hall–Kier alpha value is -1.11. The fourth-order valence-electron chi connectivity index (χ4n) is 5.03. The van der Waals surface area contributed by atoms with Crippen molar-refractivity contribution >= 4 is 5.78 Å². The predicted molar refractivity (Wildman–Crippen MR) is 77.9 cm³/mol. The zero-order chi connectivity index (χ0) is 13.9. The standard InChI is InChI=1S/C18H24O/c1-16(2)14-10-11-18(16,4)15(19)17(14,3)12-13-8-6-5-7-9-13/h5-9,14H,10-12H2,1-4H3. The number of hydrogen-bond acceptors (Lipinski definition) is 1. The van der Waals surface area contributed by atoms with Crippen molar-refractivity contribution < 1.29 is 4.79 Å². The molecule has 0 spiro atoms. The summed E-state index contributed by atoms with van der Waals surface area (Å²) in [7, 11) is 0. The molecule has 0 N–H and O–H groups in total. The van der Waals surface area contributed by atoms with E-state index in [0.29, 0.717) is 11.7 Å². The first-order valence-electron chi connectivity index (χ1n) is 7.41. The normalized spacial score (nSPS) is 39.8. The van der Waals surface area contributed by atoms with Gasteiger partial charge in [-0.2, -0.15) is 0 Å². The molecule has 2 aliphatic carbocycles. The highest BCUT2D eigenvalue weighted by molar-refractivity contribution is 5.95. The summed E-state index contributed by atoms with van der Waals surface area (Å²) in [5.74, 6) is 1.03. The molecule has 1 nitrogen and oxygen atoms in total. The van der Waals surface area contributed by atoms with Crippen LogP contribution in [0.1, 0.15) is 46.1 Å². The molecular formula is C18H24O. The van der Waals surface area contributed by atoms with Crippen LogP contribution in [0.2, 0.25) is 0 Å². The number of Topliss-reactive ketones (excluding diaryl/α,β-unsaturated/α-hetero) is 1. The van der Waals surface area contributed by atoms with Gasteiger partial charge in [-0.1, -0.05) is 58.0 Å². The van der Waals surface area contributed by atoms with Crippen LogP contribution in [0.25, 0.3) is 0 Å². The number of benzene rings is 1. The minimum Gasteiger partial charge on any atom is -0.298 e. The molecule has 1 heteroatoms. The van der Waals surface area contributed by atoms with Gasteiger partial charge in [0.15, 0.2) is 0 Å². The van der Waals surface area contributed by atoms with Gasteiger partial charge in [-0.15, -0.1) is 0 Å². The van der Waals surface area contributed by atoms with Gasteiger partial charge in [0.1, 0.15) is 5.78 Å². The molecule has 0 saturated heterocycles. The number of hydrogen-bond donors (Lipinski definition) is 0. The Morgan fingerprint density at radius 2 is 1.74 bits per heavy atom. The number of carbonyl (C=O) groups is 1. The van der Waals surface area contributed by atoms with Crippen LogP contribution in [0, 0.1) is 22.2 Å². The van der Waals surface area contributed by atoms with Crippen molar-refractivity contribution in [1.29, 1.82) is 0 Å². The molecule has 0 radical (unpaired) electrons. The van der Waals surface area contributed by atoms with Crippen LogP contribution >= 0.6 is 0 Å². The van der Waals surface area contributed by atoms with Crippen molar-refractivity contribution in [2.45, 2.75) is 47.0 Å². The van der Waals surface area contributed by atoms with E-state index < -0.39 is 0 Å². The zero-order valence-electron chi connectivity index (χ0n) is 12.5. The molecule has 0 heterocycles. The molecule has 3 atom stereocenters. The highest BCUT2D eigenvalue weighted by Crippen LogP contribution is 2.70. The smallest absolute Gasteiger partial charge is 0.145 e. The van der Waals surface area contributed by atoms with Crippen molar-refractivity contribution in [2.75, 3.05) is 0 Å². The van der Waals surface area contributed by atoms with Gasteiger partial charge in [0, 0.05) is 10.8 Å². The van der Waals surface area contributed by atoms with E-state index in [1.807, 2.05) is 6.07 Å². The van der Waals surface area contributed by atoms with Crippen LogP contribution < -0.4 is 0 Å². The molecule has 0 aliphatic heterocycles. The highest BCUT2D eigenvalue weighted by atomic mass is 16.1. The second-order valence-electron chi connectivity index (χ2n) is 7.55. The van der Waals surface area contributed by atoms with Gasteiger partial charge in [-0.3, -0.25) is 4.79 Å². The van der Waals surface area contributed by atoms with Crippen molar-refractivity contribution in [1.82, 2.24) is 0 Å². The molecule has 1 aromatic rings. The van der Waals surface area contributed by atoms with Gasteiger partial charge in [-0.05, 0) is 36.2 Å². The fourth-order valence-corrected chi connectivity index (χ4v) is 5.03. The monoisotopic (exact) mass is 256 g/mol. The van der Waals surface area contributed by atoms with Gasteiger partial charge in [0.25, 0.3) is 0 Å². The lowest BCUT2D eigenvalue weighted by molar-refractivity contribution is -0.136. The summed E-state index contributed by atoms with van der Waals surface area (Å²) in [5.41, 5.74) is 1.16. The summed E-state index contributed by atoms with van der Waals surface area (Å²) in [6.07, 6.45) is 3.18. The number of fused-ring (bicyclic) bond motifs is 2. The largest absolute Gasteiger partial charge is 0.298 e. The molecule has 3 unspecified atom stereocenters. The molecule has 2 fully saturated rings. The highest BCUT2D eigenvalue weighted by Gasteiger charge is 2.70. The molecule has 2 aliphatic rings. The maximum Gasteiger partial charge on any atom is 0.145 e. The van der Waals surface area contributed by atoms with E-state index in [-0.39, 0.29) is 16.2 Å². The topological polar surface area (TPSA) is 17.1 Å². The van der Waals surface area contributed by atoms with Gasteiger partial charge < -0.3 is 0 Å². The fraction of sp³-hybridized carbons (Fsp3) is 0.611. The summed E-state index contributed by atoms with van der Waals surface area (Å²) in [6, 6.07) is 10.5. The van der Waals surface area contributed by atoms with Crippen LogP contribution in [0.4, 0.5) is 0 Å². The van der Waals surface area contributed by atoms with Crippen molar-refractivity contribution in [3.8, 4) is 0 Å². The second-order valence-corrected chi connectivity index (χ2v) is 7.55. The first-order valence-corrected chi connectivity index (χ1v) is 7.41. The molecule has 2 bridgehead atoms.